The Hall–Kier alpha value is -1.43. The van der Waals surface area contributed by atoms with Gasteiger partial charge in [-0.15, -0.1) is 11.8 Å². The van der Waals surface area contributed by atoms with Crippen molar-refractivity contribution in [1.82, 2.24) is 10.4 Å². The largest absolute Gasteiger partial charge is 0.271 e. The molecule has 98 valence electrons. The van der Waals surface area contributed by atoms with Crippen LogP contribution in [0.4, 0.5) is 4.39 Å². The fraction of sp³-hybridized carbons (Fsp3) is 0.214. The van der Waals surface area contributed by atoms with Crippen LogP contribution >= 0.6 is 11.8 Å². The molecule has 0 bridgehead atoms. The van der Waals surface area contributed by atoms with Crippen LogP contribution in [0, 0.1) is 5.82 Å². The third kappa shape index (κ3) is 2.49. The quantitative estimate of drug-likeness (QED) is 0.667. The topological polar surface area (TPSA) is 50.9 Å². The molecular formula is C14H14FN3S. The molecule has 0 amide bonds. The number of rotatable bonds is 3. The number of fused-ring (bicyclic) bond motifs is 1. The van der Waals surface area contributed by atoms with E-state index in [9.17, 15) is 4.39 Å². The average molecular weight is 275 g/mol. The van der Waals surface area contributed by atoms with Gasteiger partial charge in [0.15, 0.2) is 0 Å². The maximum atomic E-state index is 13.3. The van der Waals surface area contributed by atoms with Crippen LogP contribution in [0.2, 0.25) is 0 Å². The molecule has 1 aliphatic rings. The van der Waals surface area contributed by atoms with Gasteiger partial charge in [-0.25, -0.2) is 4.39 Å². The number of nitrogens with one attached hydrogen (secondary N) is 1. The number of hydrazine groups is 1. The van der Waals surface area contributed by atoms with Crippen molar-refractivity contribution >= 4 is 11.8 Å². The van der Waals surface area contributed by atoms with Crippen molar-refractivity contribution in [3.8, 4) is 0 Å². The van der Waals surface area contributed by atoms with E-state index in [1.807, 2.05) is 12.1 Å². The Morgan fingerprint density at radius 1 is 1.37 bits per heavy atom. The summed E-state index contributed by atoms with van der Waals surface area (Å²) in [7, 11) is 0. The summed E-state index contributed by atoms with van der Waals surface area (Å²) < 4.78 is 13.3. The minimum absolute atomic E-state index is 0.111. The summed E-state index contributed by atoms with van der Waals surface area (Å²) in [6, 6.07) is 9.68. The fourth-order valence-electron chi connectivity index (χ4n) is 2.41. The van der Waals surface area contributed by atoms with Crippen molar-refractivity contribution in [2.75, 3.05) is 0 Å². The number of aromatic nitrogens is 1. The van der Waals surface area contributed by atoms with Crippen LogP contribution in [-0.4, -0.2) is 10.2 Å². The first-order chi connectivity index (χ1) is 9.28. The Labute approximate surface area is 115 Å². The first kappa shape index (κ1) is 12.6. The van der Waals surface area contributed by atoms with Gasteiger partial charge < -0.3 is 0 Å². The minimum atomic E-state index is -0.335. The molecule has 3 nitrogen and oxygen atoms in total. The van der Waals surface area contributed by atoms with Crippen LogP contribution in [0.25, 0.3) is 0 Å². The fourth-order valence-corrected chi connectivity index (χ4v) is 3.83. The molecule has 2 aromatic rings. The van der Waals surface area contributed by atoms with Gasteiger partial charge in [-0.2, -0.15) is 0 Å². The van der Waals surface area contributed by atoms with E-state index in [1.165, 1.54) is 22.7 Å². The van der Waals surface area contributed by atoms with Gasteiger partial charge >= 0.3 is 0 Å². The molecule has 0 radical (unpaired) electrons. The van der Waals surface area contributed by atoms with E-state index < -0.39 is 0 Å². The molecular weight excluding hydrogens is 261 g/mol. The molecule has 0 spiro atoms. The van der Waals surface area contributed by atoms with Gasteiger partial charge in [0.2, 0.25) is 0 Å². The zero-order chi connectivity index (χ0) is 13.2. The molecule has 2 heterocycles. The summed E-state index contributed by atoms with van der Waals surface area (Å²) in [5.41, 5.74) is 4.90. The van der Waals surface area contributed by atoms with Crippen LogP contribution in [0.1, 0.15) is 17.2 Å². The molecule has 0 saturated heterocycles. The first-order valence-corrected chi connectivity index (χ1v) is 6.97. The van der Waals surface area contributed by atoms with Gasteiger partial charge in [-0.05, 0) is 29.7 Å². The number of nitrogens with two attached hydrogens (primary N) is 1. The number of halogens is 1. The summed E-state index contributed by atoms with van der Waals surface area (Å²) >= 11 is 1.78. The molecule has 5 heteroatoms. The van der Waals surface area contributed by atoms with Crippen LogP contribution in [0.3, 0.4) is 0 Å². The van der Waals surface area contributed by atoms with Crippen LogP contribution in [-0.2, 0) is 6.42 Å². The number of nitrogens with zero attached hydrogens (tertiary/aromatic N) is 1. The molecule has 2 unspecified atom stereocenters. The third-order valence-electron chi connectivity index (χ3n) is 3.31. The zero-order valence-corrected chi connectivity index (χ0v) is 11.0. The molecule has 3 rings (SSSR count). The summed E-state index contributed by atoms with van der Waals surface area (Å²) in [5, 5.41) is 0.256. The van der Waals surface area contributed by atoms with Crippen molar-refractivity contribution in [2.24, 2.45) is 5.84 Å². The van der Waals surface area contributed by atoms with E-state index in [0.29, 0.717) is 0 Å². The lowest BCUT2D eigenvalue weighted by Crippen LogP contribution is -2.35. The summed E-state index contributed by atoms with van der Waals surface area (Å²) in [6.07, 6.45) is 3.79. The van der Waals surface area contributed by atoms with Crippen molar-refractivity contribution in [3.05, 3.63) is 59.7 Å². The normalized spacial score (nSPS) is 19.2. The molecule has 3 N–H and O–H groups in total. The van der Waals surface area contributed by atoms with E-state index in [1.54, 1.807) is 18.0 Å². The number of thioether (sulfide) groups is 1. The van der Waals surface area contributed by atoms with E-state index in [-0.39, 0.29) is 17.1 Å². The average Bonchev–Trinajstić information content (AvgIpc) is 2.83. The van der Waals surface area contributed by atoms with Crippen molar-refractivity contribution in [1.29, 1.82) is 0 Å². The predicted octanol–water partition coefficient (Wildman–Crippen LogP) is 2.44. The highest BCUT2D eigenvalue weighted by molar-refractivity contribution is 8.00. The van der Waals surface area contributed by atoms with Crippen LogP contribution < -0.4 is 11.3 Å². The second kappa shape index (κ2) is 5.28. The minimum Gasteiger partial charge on any atom is -0.271 e. The molecule has 2 atom stereocenters. The standard InChI is InChI=1S/C14H14FN3S/c15-11-5-10(7-17-8-11)14(18-16)13-6-9-3-1-2-4-12(9)19-13/h1-5,7-8,13-14,18H,6,16H2. The Morgan fingerprint density at radius 2 is 2.21 bits per heavy atom. The SMILES string of the molecule is NNC(c1cncc(F)c1)C1Cc2ccccc2S1. The lowest BCUT2D eigenvalue weighted by molar-refractivity contribution is 0.524. The van der Waals surface area contributed by atoms with Gasteiger partial charge in [0.1, 0.15) is 5.82 Å². The van der Waals surface area contributed by atoms with Crippen LogP contribution in [0.5, 0.6) is 0 Å². The number of hydrogen-bond acceptors (Lipinski definition) is 4. The monoisotopic (exact) mass is 275 g/mol. The molecule has 1 aromatic carbocycles. The highest BCUT2D eigenvalue weighted by Crippen LogP contribution is 2.42. The van der Waals surface area contributed by atoms with E-state index in [2.05, 4.69) is 22.5 Å². The lowest BCUT2D eigenvalue weighted by Gasteiger charge is -2.22. The van der Waals surface area contributed by atoms with Gasteiger partial charge in [0, 0.05) is 16.3 Å². The van der Waals surface area contributed by atoms with Gasteiger partial charge in [-0.1, -0.05) is 18.2 Å². The predicted molar refractivity (Wildman–Crippen MR) is 74.1 cm³/mol. The van der Waals surface area contributed by atoms with Crippen molar-refractivity contribution in [3.63, 3.8) is 0 Å². The Balaban J connectivity index is 1.86. The Kier molecular flexibility index (Phi) is 3.50. The lowest BCUT2D eigenvalue weighted by atomic mass is 10.0. The second-order valence-corrected chi connectivity index (χ2v) is 5.83. The zero-order valence-electron chi connectivity index (χ0n) is 10.2. The Bertz CT molecular complexity index is 565. The second-order valence-electron chi connectivity index (χ2n) is 4.55. The highest BCUT2D eigenvalue weighted by Gasteiger charge is 2.30. The molecule has 1 aromatic heterocycles. The van der Waals surface area contributed by atoms with Crippen molar-refractivity contribution < 1.29 is 4.39 Å². The van der Waals surface area contributed by atoms with Gasteiger partial charge in [0.05, 0.1) is 12.2 Å². The summed E-state index contributed by atoms with van der Waals surface area (Å²) in [4.78, 5) is 5.17. The molecule has 0 fully saturated rings. The maximum Gasteiger partial charge on any atom is 0.141 e. The number of pyridine rings is 1. The number of benzene rings is 1. The highest BCUT2D eigenvalue weighted by atomic mass is 32.2. The first-order valence-electron chi connectivity index (χ1n) is 6.09. The smallest absolute Gasteiger partial charge is 0.141 e. The molecule has 1 aliphatic heterocycles. The van der Waals surface area contributed by atoms with E-state index in [4.69, 9.17) is 5.84 Å². The summed E-state index contributed by atoms with van der Waals surface area (Å²) in [6.45, 7) is 0. The van der Waals surface area contributed by atoms with E-state index >= 15 is 0 Å². The number of hydrogen-bond donors (Lipinski definition) is 2. The Morgan fingerprint density at radius 3 is 2.95 bits per heavy atom. The van der Waals surface area contributed by atoms with Gasteiger partial charge in [-0.3, -0.25) is 16.3 Å². The van der Waals surface area contributed by atoms with Gasteiger partial charge in [0.25, 0.3) is 0 Å². The summed E-state index contributed by atoms with van der Waals surface area (Å²) in [5.74, 6) is 5.32. The van der Waals surface area contributed by atoms with Crippen LogP contribution in [0.15, 0.2) is 47.6 Å². The van der Waals surface area contributed by atoms with Crippen molar-refractivity contribution in [2.45, 2.75) is 22.6 Å². The maximum absolute atomic E-state index is 13.3. The molecule has 0 aliphatic carbocycles. The van der Waals surface area contributed by atoms with E-state index in [0.717, 1.165) is 12.0 Å². The third-order valence-corrected chi connectivity index (χ3v) is 4.70. The molecule has 19 heavy (non-hydrogen) atoms. The molecule has 0 saturated carbocycles.